The van der Waals surface area contributed by atoms with Gasteiger partial charge in [0, 0.05) is 23.0 Å². The fraction of sp³-hybridized carbons (Fsp3) is 0.286. The number of aliphatic hydroxyl groups is 2. The molecule has 0 saturated heterocycles. The highest BCUT2D eigenvalue weighted by Crippen LogP contribution is 2.30. The summed E-state index contributed by atoms with van der Waals surface area (Å²) in [6.07, 6.45) is -0.758. The minimum absolute atomic E-state index is 0.249. The Morgan fingerprint density at radius 3 is 2.61 bits per heavy atom. The number of aliphatic hydroxyl groups excluding tert-OH is 2. The van der Waals surface area contributed by atoms with Crippen LogP contribution in [-0.2, 0) is 0 Å². The molecular weight excluding hydrogens is 230 g/mol. The quantitative estimate of drug-likeness (QED) is 0.751. The summed E-state index contributed by atoms with van der Waals surface area (Å²) < 4.78 is 5.31. The molecule has 96 valence electrons. The first-order valence-corrected chi connectivity index (χ1v) is 5.84. The summed E-state index contributed by atoms with van der Waals surface area (Å²) in [5, 5.41) is 23.3. The third-order valence-corrected chi connectivity index (χ3v) is 2.84. The van der Waals surface area contributed by atoms with E-state index in [0.29, 0.717) is 6.54 Å². The third kappa shape index (κ3) is 2.55. The average molecular weight is 247 g/mol. The van der Waals surface area contributed by atoms with Gasteiger partial charge < -0.3 is 20.3 Å². The molecule has 2 aromatic carbocycles. The Kier molecular flexibility index (Phi) is 4.02. The smallest absolute Gasteiger partial charge is 0.126 e. The highest BCUT2D eigenvalue weighted by atomic mass is 16.5. The van der Waals surface area contributed by atoms with Crippen LogP contribution in [0.25, 0.3) is 10.8 Å². The molecule has 0 amide bonds. The van der Waals surface area contributed by atoms with E-state index in [-0.39, 0.29) is 6.61 Å². The van der Waals surface area contributed by atoms with Crippen molar-refractivity contribution in [2.75, 3.05) is 25.6 Å². The number of benzene rings is 2. The van der Waals surface area contributed by atoms with Crippen molar-refractivity contribution < 1.29 is 14.9 Å². The first kappa shape index (κ1) is 12.7. The van der Waals surface area contributed by atoms with Crippen molar-refractivity contribution in [3.8, 4) is 5.75 Å². The zero-order valence-corrected chi connectivity index (χ0v) is 10.3. The number of ether oxygens (including phenoxy) is 1. The lowest BCUT2D eigenvalue weighted by molar-refractivity contribution is 0.105. The fourth-order valence-electron chi connectivity index (χ4n) is 1.91. The van der Waals surface area contributed by atoms with Gasteiger partial charge in [0.2, 0.25) is 0 Å². The molecule has 1 atom stereocenters. The van der Waals surface area contributed by atoms with Crippen LogP contribution in [0.1, 0.15) is 0 Å². The fourth-order valence-corrected chi connectivity index (χ4v) is 1.91. The van der Waals surface area contributed by atoms with Gasteiger partial charge in [0.25, 0.3) is 0 Å². The Hall–Kier alpha value is -1.78. The van der Waals surface area contributed by atoms with Gasteiger partial charge in [-0.25, -0.2) is 0 Å². The second-order valence-electron chi connectivity index (χ2n) is 4.08. The van der Waals surface area contributed by atoms with E-state index in [0.717, 1.165) is 22.2 Å². The lowest BCUT2D eigenvalue weighted by atomic mass is 10.1. The van der Waals surface area contributed by atoms with Gasteiger partial charge in [0.05, 0.1) is 19.8 Å². The van der Waals surface area contributed by atoms with Gasteiger partial charge in [-0.2, -0.15) is 0 Å². The zero-order chi connectivity index (χ0) is 13.0. The first-order valence-electron chi connectivity index (χ1n) is 5.84. The Morgan fingerprint density at radius 2 is 1.89 bits per heavy atom. The van der Waals surface area contributed by atoms with Gasteiger partial charge >= 0.3 is 0 Å². The molecule has 0 bridgehead atoms. The molecule has 0 radical (unpaired) electrons. The second-order valence-corrected chi connectivity index (χ2v) is 4.08. The summed E-state index contributed by atoms with van der Waals surface area (Å²) in [6.45, 7) is 0.0634. The topological polar surface area (TPSA) is 61.7 Å². The van der Waals surface area contributed by atoms with Crippen LogP contribution in [0.2, 0.25) is 0 Å². The molecule has 2 aromatic rings. The van der Waals surface area contributed by atoms with Crippen LogP contribution in [0.3, 0.4) is 0 Å². The van der Waals surface area contributed by atoms with Gasteiger partial charge in [-0.15, -0.1) is 0 Å². The maximum absolute atomic E-state index is 9.35. The number of rotatable bonds is 5. The Morgan fingerprint density at radius 1 is 1.17 bits per heavy atom. The largest absolute Gasteiger partial charge is 0.496 e. The van der Waals surface area contributed by atoms with Crippen LogP contribution in [0.4, 0.5) is 5.69 Å². The standard InChI is InChI=1S/C14H17NO3/c1-18-14-7-3-4-11-12(14)5-2-6-13(11)15-8-10(17)9-16/h2-7,10,15-17H,8-9H2,1H3. The Labute approximate surface area is 106 Å². The summed E-state index contributed by atoms with van der Waals surface area (Å²) in [5.41, 5.74) is 0.916. The van der Waals surface area contributed by atoms with Gasteiger partial charge in [0.1, 0.15) is 5.75 Å². The van der Waals surface area contributed by atoms with E-state index in [1.807, 2.05) is 36.4 Å². The van der Waals surface area contributed by atoms with Gasteiger partial charge in [-0.3, -0.25) is 0 Å². The second kappa shape index (κ2) is 5.71. The van der Waals surface area contributed by atoms with E-state index in [1.165, 1.54) is 0 Å². The number of hydrogen-bond donors (Lipinski definition) is 3. The van der Waals surface area contributed by atoms with Crippen LogP contribution in [0, 0.1) is 0 Å². The van der Waals surface area contributed by atoms with Crippen LogP contribution >= 0.6 is 0 Å². The van der Waals surface area contributed by atoms with Crippen molar-refractivity contribution in [1.29, 1.82) is 0 Å². The molecule has 0 saturated carbocycles. The highest BCUT2D eigenvalue weighted by Gasteiger charge is 2.06. The van der Waals surface area contributed by atoms with E-state index in [2.05, 4.69) is 5.32 Å². The number of nitrogens with one attached hydrogen (secondary N) is 1. The van der Waals surface area contributed by atoms with E-state index in [4.69, 9.17) is 9.84 Å². The number of methoxy groups -OCH3 is 1. The minimum Gasteiger partial charge on any atom is -0.496 e. The van der Waals surface area contributed by atoms with Crippen LogP contribution in [0.15, 0.2) is 36.4 Å². The normalized spacial score (nSPS) is 12.4. The predicted octanol–water partition coefficient (Wildman–Crippen LogP) is 1.61. The molecule has 0 aliphatic carbocycles. The maximum Gasteiger partial charge on any atom is 0.126 e. The molecule has 0 spiro atoms. The SMILES string of the molecule is COc1cccc2c(NCC(O)CO)cccc12. The molecule has 0 heterocycles. The maximum atomic E-state index is 9.35. The van der Waals surface area contributed by atoms with E-state index < -0.39 is 6.10 Å². The van der Waals surface area contributed by atoms with Gasteiger partial charge in [-0.1, -0.05) is 24.3 Å². The highest BCUT2D eigenvalue weighted by molar-refractivity contribution is 5.97. The third-order valence-electron chi connectivity index (χ3n) is 2.84. The summed E-state index contributed by atoms with van der Waals surface area (Å²) in [7, 11) is 1.64. The monoisotopic (exact) mass is 247 g/mol. The summed E-state index contributed by atoms with van der Waals surface area (Å²) >= 11 is 0. The van der Waals surface area contributed by atoms with Gasteiger partial charge in [0.15, 0.2) is 0 Å². The van der Waals surface area contributed by atoms with E-state index >= 15 is 0 Å². The lowest BCUT2D eigenvalue weighted by Crippen LogP contribution is -2.22. The predicted molar refractivity (Wildman–Crippen MR) is 72.1 cm³/mol. The molecule has 0 aromatic heterocycles. The molecule has 0 aliphatic heterocycles. The van der Waals surface area contributed by atoms with Gasteiger partial charge in [-0.05, 0) is 12.1 Å². The Bertz CT molecular complexity index is 527. The average Bonchev–Trinajstić information content (AvgIpc) is 2.43. The lowest BCUT2D eigenvalue weighted by Gasteiger charge is -2.13. The van der Waals surface area contributed by atoms with E-state index in [1.54, 1.807) is 7.11 Å². The van der Waals surface area contributed by atoms with Crippen molar-refractivity contribution in [3.05, 3.63) is 36.4 Å². The van der Waals surface area contributed by atoms with Crippen molar-refractivity contribution in [1.82, 2.24) is 0 Å². The molecule has 4 heteroatoms. The molecule has 1 unspecified atom stereocenters. The number of fused-ring (bicyclic) bond motifs is 1. The van der Waals surface area contributed by atoms with Crippen LogP contribution < -0.4 is 10.1 Å². The van der Waals surface area contributed by atoms with Crippen LogP contribution in [0.5, 0.6) is 5.75 Å². The summed E-state index contributed by atoms with van der Waals surface area (Å²) in [4.78, 5) is 0. The zero-order valence-electron chi connectivity index (χ0n) is 10.3. The van der Waals surface area contributed by atoms with Crippen molar-refractivity contribution in [3.63, 3.8) is 0 Å². The molecule has 4 nitrogen and oxygen atoms in total. The minimum atomic E-state index is -0.758. The van der Waals surface area contributed by atoms with E-state index in [9.17, 15) is 5.11 Å². The first-order chi connectivity index (χ1) is 8.76. The number of anilines is 1. The molecule has 3 N–H and O–H groups in total. The Balaban J connectivity index is 2.34. The molecule has 18 heavy (non-hydrogen) atoms. The molecule has 0 fully saturated rings. The van der Waals surface area contributed by atoms with Crippen molar-refractivity contribution >= 4 is 16.5 Å². The molecular formula is C14H17NO3. The molecule has 2 rings (SSSR count). The van der Waals surface area contributed by atoms with Crippen LogP contribution in [-0.4, -0.2) is 36.6 Å². The van der Waals surface area contributed by atoms with Crippen molar-refractivity contribution in [2.45, 2.75) is 6.10 Å². The number of hydrogen-bond acceptors (Lipinski definition) is 4. The summed E-state index contributed by atoms with van der Waals surface area (Å²) in [5.74, 6) is 0.818. The molecule has 0 aliphatic rings. The summed E-state index contributed by atoms with van der Waals surface area (Å²) in [6, 6.07) is 11.7. The van der Waals surface area contributed by atoms with Crippen molar-refractivity contribution in [2.24, 2.45) is 0 Å².